The number of benzene rings is 1. The number of nitrogens with zero attached hydrogens (tertiary/aromatic N) is 4. The van der Waals surface area contributed by atoms with Crippen LogP contribution in [-0.4, -0.2) is 92.6 Å². The third-order valence-corrected chi connectivity index (χ3v) is 7.25. The number of halogens is 1. The van der Waals surface area contributed by atoms with Gasteiger partial charge in [0.05, 0.1) is 17.5 Å². The molecule has 0 amide bonds. The van der Waals surface area contributed by atoms with Crippen molar-refractivity contribution in [2.24, 2.45) is 4.99 Å². The zero-order valence-corrected chi connectivity index (χ0v) is 20.3. The van der Waals surface area contributed by atoms with Crippen molar-refractivity contribution in [1.82, 2.24) is 19.4 Å². The fraction of sp³-hybridized carbons (Fsp3) is 0.632. The fourth-order valence-electron chi connectivity index (χ4n) is 3.57. The van der Waals surface area contributed by atoms with E-state index in [1.54, 1.807) is 16.4 Å². The van der Waals surface area contributed by atoms with Crippen LogP contribution in [0.25, 0.3) is 0 Å². The minimum Gasteiger partial charge on any atom is -0.391 e. The summed E-state index contributed by atoms with van der Waals surface area (Å²) in [7, 11) is -1.54. The molecule has 2 heterocycles. The first-order valence-corrected chi connectivity index (χ1v) is 11.3. The molecule has 1 atom stereocenters. The fourth-order valence-corrected chi connectivity index (χ4v) is 5.21. The van der Waals surface area contributed by atoms with Crippen LogP contribution in [0.5, 0.6) is 0 Å². The molecule has 29 heavy (non-hydrogen) atoms. The summed E-state index contributed by atoms with van der Waals surface area (Å²) >= 11 is 0. The Balaban J connectivity index is 0.00000300. The number of aliphatic hydroxyl groups excluding tert-OH is 1. The van der Waals surface area contributed by atoms with Crippen molar-refractivity contribution in [2.75, 3.05) is 52.9 Å². The third-order valence-electron chi connectivity index (χ3n) is 5.25. The van der Waals surface area contributed by atoms with Gasteiger partial charge in [-0.15, -0.1) is 24.0 Å². The molecule has 8 nitrogen and oxygen atoms in total. The molecule has 0 spiro atoms. The molecule has 2 aliphatic rings. The summed E-state index contributed by atoms with van der Waals surface area (Å²) in [6.07, 6.45) is 0.382. The first-order chi connectivity index (χ1) is 13.4. The molecule has 0 bridgehead atoms. The average molecular weight is 537 g/mol. The summed E-state index contributed by atoms with van der Waals surface area (Å²) < 4.78 is 27.9. The largest absolute Gasteiger partial charge is 0.391 e. The zero-order valence-electron chi connectivity index (χ0n) is 17.1. The minimum absolute atomic E-state index is 0. The highest BCUT2D eigenvalue weighted by Gasteiger charge is 2.29. The minimum atomic E-state index is -3.54. The Hall–Kier alpha value is -0.950. The number of hydrogen-bond donors (Lipinski definition) is 2. The van der Waals surface area contributed by atoms with Crippen LogP contribution in [0.3, 0.4) is 0 Å². The molecule has 0 radical (unpaired) electrons. The van der Waals surface area contributed by atoms with Gasteiger partial charge in [-0.05, 0) is 32.0 Å². The molecule has 2 fully saturated rings. The Morgan fingerprint density at radius 3 is 2.52 bits per heavy atom. The van der Waals surface area contributed by atoms with Crippen molar-refractivity contribution in [3.05, 3.63) is 29.8 Å². The number of likely N-dealkylation sites (N-methyl/N-ethyl adjacent to an activating group) is 1. The number of piperazine rings is 1. The highest BCUT2D eigenvalue weighted by atomic mass is 127. The van der Waals surface area contributed by atoms with Crippen molar-refractivity contribution < 1.29 is 13.5 Å². The number of rotatable bonds is 5. The lowest BCUT2D eigenvalue weighted by Crippen LogP contribution is -2.47. The Kier molecular flexibility index (Phi) is 9.14. The zero-order chi connectivity index (χ0) is 20.1. The number of likely N-dealkylation sites (tertiary alicyclic amines) is 1. The SMILES string of the molecule is CCNC(=NCc1ccccc1S(=O)(=O)N1CCN(C)CC1)N1CC[C@@H](O)C1.I. The molecule has 1 aromatic rings. The summed E-state index contributed by atoms with van der Waals surface area (Å²) in [4.78, 5) is 9.15. The molecule has 2 saturated heterocycles. The Morgan fingerprint density at radius 1 is 1.21 bits per heavy atom. The van der Waals surface area contributed by atoms with Crippen LogP contribution >= 0.6 is 24.0 Å². The van der Waals surface area contributed by atoms with Gasteiger partial charge < -0.3 is 20.2 Å². The van der Waals surface area contributed by atoms with Crippen LogP contribution in [0.15, 0.2) is 34.2 Å². The first-order valence-electron chi connectivity index (χ1n) is 9.89. The molecule has 2 N–H and O–H groups in total. The normalized spacial score (nSPS) is 21.8. The van der Waals surface area contributed by atoms with Gasteiger partial charge in [0.15, 0.2) is 5.96 Å². The average Bonchev–Trinajstić information content (AvgIpc) is 3.12. The van der Waals surface area contributed by atoms with E-state index in [4.69, 9.17) is 0 Å². The van der Waals surface area contributed by atoms with Gasteiger partial charge in [0.1, 0.15) is 0 Å². The Bertz CT molecular complexity index is 797. The second-order valence-corrected chi connectivity index (χ2v) is 9.28. The number of hydrogen-bond acceptors (Lipinski definition) is 5. The van der Waals surface area contributed by atoms with Crippen molar-refractivity contribution in [3.8, 4) is 0 Å². The number of guanidine groups is 1. The number of aliphatic imine (C=N–C) groups is 1. The molecule has 0 aromatic heterocycles. The van der Waals surface area contributed by atoms with Crippen LogP contribution in [-0.2, 0) is 16.6 Å². The maximum absolute atomic E-state index is 13.2. The number of sulfonamides is 1. The van der Waals surface area contributed by atoms with E-state index in [2.05, 4.69) is 15.2 Å². The van der Waals surface area contributed by atoms with Gasteiger partial charge in [0.25, 0.3) is 0 Å². The smallest absolute Gasteiger partial charge is 0.243 e. The predicted molar refractivity (Wildman–Crippen MR) is 125 cm³/mol. The van der Waals surface area contributed by atoms with Crippen LogP contribution in [0.4, 0.5) is 0 Å². The van der Waals surface area contributed by atoms with Crippen molar-refractivity contribution in [1.29, 1.82) is 0 Å². The number of nitrogens with one attached hydrogen (secondary N) is 1. The number of β-amino-alcohol motifs (C(OH)–C–C–N with tert-alkyl or cyclic N) is 1. The highest BCUT2D eigenvalue weighted by Crippen LogP contribution is 2.22. The summed E-state index contributed by atoms with van der Waals surface area (Å²) in [5, 5.41) is 13.0. The molecule has 164 valence electrons. The van der Waals surface area contributed by atoms with Gasteiger partial charge in [-0.3, -0.25) is 0 Å². The van der Waals surface area contributed by atoms with Crippen molar-refractivity contribution in [3.63, 3.8) is 0 Å². The van der Waals surface area contributed by atoms with E-state index in [1.807, 2.05) is 31.0 Å². The van der Waals surface area contributed by atoms with Gasteiger partial charge >= 0.3 is 0 Å². The highest BCUT2D eigenvalue weighted by molar-refractivity contribution is 14.0. The molecule has 10 heteroatoms. The topological polar surface area (TPSA) is 88.5 Å². The Morgan fingerprint density at radius 2 is 1.90 bits per heavy atom. The van der Waals surface area contributed by atoms with E-state index in [0.29, 0.717) is 42.6 Å². The van der Waals surface area contributed by atoms with E-state index in [0.717, 1.165) is 26.1 Å². The lowest BCUT2D eigenvalue weighted by Gasteiger charge is -2.32. The summed E-state index contributed by atoms with van der Waals surface area (Å²) in [6.45, 7) is 6.76. The van der Waals surface area contributed by atoms with Crippen LogP contribution in [0.1, 0.15) is 18.9 Å². The second kappa shape index (κ2) is 10.9. The lowest BCUT2D eigenvalue weighted by atomic mass is 10.2. The summed E-state index contributed by atoms with van der Waals surface area (Å²) in [6, 6.07) is 7.11. The molecule has 0 saturated carbocycles. The van der Waals surface area contributed by atoms with Crippen molar-refractivity contribution >= 4 is 40.0 Å². The van der Waals surface area contributed by atoms with Gasteiger partial charge in [0, 0.05) is 45.8 Å². The first kappa shape index (κ1) is 24.3. The maximum Gasteiger partial charge on any atom is 0.243 e. The molecular formula is C19H32IN5O3S. The van der Waals surface area contributed by atoms with Gasteiger partial charge in [-0.1, -0.05) is 18.2 Å². The maximum atomic E-state index is 13.2. The van der Waals surface area contributed by atoms with Crippen LogP contribution in [0, 0.1) is 0 Å². The van der Waals surface area contributed by atoms with E-state index in [1.165, 1.54) is 0 Å². The second-order valence-electron chi connectivity index (χ2n) is 7.37. The standard InChI is InChI=1S/C19H31N5O3S.HI/c1-3-20-19(23-9-8-17(25)15-23)21-14-16-6-4-5-7-18(16)28(26,27)24-12-10-22(2)11-13-24;/h4-7,17,25H,3,8-15H2,1-2H3,(H,20,21);1H/t17-;/m1./s1. The van der Waals surface area contributed by atoms with Crippen LogP contribution in [0.2, 0.25) is 0 Å². The molecule has 1 aromatic carbocycles. The van der Waals surface area contributed by atoms with Gasteiger partial charge in [-0.2, -0.15) is 4.31 Å². The van der Waals surface area contributed by atoms with E-state index >= 15 is 0 Å². The third kappa shape index (κ3) is 6.03. The van der Waals surface area contributed by atoms with E-state index in [-0.39, 0.29) is 36.6 Å². The monoisotopic (exact) mass is 537 g/mol. The molecular weight excluding hydrogens is 505 g/mol. The molecule has 2 aliphatic heterocycles. The predicted octanol–water partition coefficient (Wildman–Crippen LogP) is 0.773. The quantitative estimate of drug-likeness (QED) is 0.328. The number of aliphatic hydroxyl groups is 1. The molecule has 0 aliphatic carbocycles. The summed E-state index contributed by atoms with van der Waals surface area (Å²) in [5.41, 5.74) is 0.691. The molecule has 3 rings (SSSR count). The lowest BCUT2D eigenvalue weighted by molar-refractivity contribution is 0.188. The summed E-state index contributed by atoms with van der Waals surface area (Å²) in [5.74, 6) is 0.714. The van der Waals surface area contributed by atoms with E-state index < -0.39 is 10.0 Å². The van der Waals surface area contributed by atoms with E-state index in [9.17, 15) is 13.5 Å². The van der Waals surface area contributed by atoms with Gasteiger partial charge in [0.2, 0.25) is 10.0 Å². The van der Waals surface area contributed by atoms with Gasteiger partial charge in [-0.25, -0.2) is 13.4 Å². The molecule has 0 unspecified atom stereocenters. The Labute approximate surface area is 191 Å². The van der Waals surface area contributed by atoms with Crippen LogP contribution < -0.4 is 5.32 Å². The van der Waals surface area contributed by atoms with Crippen molar-refractivity contribution in [2.45, 2.75) is 30.9 Å².